The lowest BCUT2D eigenvalue weighted by Gasteiger charge is -2.01. The summed E-state index contributed by atoms with van der Waals surface area (Å²) in [5.74, 6) is -0.0860. The molecule has 0 saturated carbocycles. The van der Waals surface area contributed by atoms with E-state index >= 15 is 0 Å². The molecule has 1 aromatic carbocycles. The Morgan fingerprint density at radius 2 is 2.33 bits per heavy atom. The second-order valence-electron chi connectivity index (χ2n) is 5.24. The van der Waals surface area contributed by atoms with Gasteiger partial charge in [0.2, 0.25) is 0 Å². The number of thioether (sulfide) groups is 1. The molecule has 1 saturated heterocycles. The third-order valence-electron chi connectivity index (χ3n) is 3.38. The molecule has 7 nitrogen and oxygen atoms in total. The van der Waals surface area contributed by atoms with Gasteiger partial charge in [0, 0.05) is 12.5 Å². The average molecular weight is 345 g/mol. The number of nitrogens with zero attached hydrogens (tertiary/aromatic N) is 2. The molecule has 0 radical (unpaired) electrons. The van der Waals surface area contributed by atoms with Crippen molar-refractivity contribution in [2.75, 3.05) is 7.11 Å². The Labute approximate surface area is 142 Å². The summed E-state index contributed by atoms with van der Waals surface area (Å²) in [6.45, 7) is 2.03. The maximum Gasteiger partial charge on any atom is 0.331 e. The fourth-order valence-electron chi connectivity index (χ4n) is 2.31. The molecule has 1 N–H and O–H groups in total. The zero-order valence-corrected chi connectivity index (χ0v) is 13.9. The van der Waals surface area contributed by atoms with Crippen LogP contribution in [0.5, 0.6) is 5.75 Å². The third kappa shape index (κ3) is 3.65. The van der Waals surface area contributed by atoms with Crippen molar-refractivity contribution in [1.29, 1.82) is 0 Å². The third-order valence-corrected chi connectivity index (χ3v) is 4.28. The molecule has 124 valence electrons. The Bertz CT molecular complexity index is 786. The van der Waals surface area contributed by atoms with E-state index in [1.54, 1.807) is 6.21 Å². The molecule has 1 amide bonds. The molecule has 1 fully saturated rings. The topological polar surface area (TPSA) is 89.3 Å². The monoisotopic (exact) mass is 345 g/mol. The summed E-state index contributed by atoms with van der Waals surface area (Å²) < 4.78 is 10.1. The minimum Gasteiger partial charge on any atom is -0.490 e. The predicted octanol–water partition coefficient (Wildman–Crippen LogP) is 1.62. The smallest absolute Gasteiger partial charge is 0.331 e. The number of esters is 1. The SMILES string of the molecule is COC(=O)/C=C1/S/C(=N\N=Cc2ccc3c(c2)CC(C)O3)NC1=O. The van der Waals surface area contributed by atoms with Crippen LogP contribution in [0, 0.1) is 0 Å². The number of methoxy groups -OCH3 is 1. The zero-order valence-electron chi connectivity index (χ0n) is 13.1. The van der Waals surface area contributed by atoms with E-state index in [0.717, 1.165) is 41.1 Å². The molecular weight excluding hydrogens is 330 g/mol. The Morgan fingerprint density at radius 3 is 3.12 bits per heavy atom. The lowest BCUT2D eigenvalue weighted by molar-refractivity contribution is -0.135. The van der Waals surface area contributed by atoms with Gasteiger partial charge in [-0.3, -0.25) is 10.1 Å². The van der Waals surface area contributed by atoms with Gasteiger partial charge < -0.3 is 9.47 Å². The van der Waals surface area contributed by atoms with E-state index in [4.69, 9.17) is 4.74 Å². The van der Waals surface area contributed by atoms with E-state index in [1.165, 1.54) is 7.11 Å². The van der Waals surface area contributed by atoms with E-state index in [0.29, 0.717) is 5.17 Å². The zero-order chi connectivity index (χ0) is 17.1. The van der Waals surface area contributed by atoms with Gasteiger partial charge in [-0.1, -0.05) is 0 Å². The van der Waals surface area contributed by atoms with Crippen LogP contribution < -0.4 is 10.1 Å². The number of rotatable bonds is 3. The minimum absolute atomic E-state index is 0.192. The van der Waals surface area contributed by atoms with Gasteiger partial charge in [0.15, 0.2) is 5.17 Å². The van der Waals surface area contributed by atoms with E-state index < -0.39 is 11.9 Å². The Balaban J connectivity index is 1.67. The molecule has 1 aromatic rings. The van der Waals surface area contributed by atoms with Gasteiger partial charge in [0.25, 0.3) is 5.91 Å². The normalized spacial score (nSPS) is 22.8. The van der Waals surface area contributed by atoms with Crippen LogP contribution in [-0.2, 0) is 20.7 Å². The minimum atomic E-state index is -0.591. The van der Waals surface area contributed by atoms with Gasteiger partial charge in [-0.2, -0.15) is 5.10 Å². The first kappa shape index (κ1) is 16.3. The Morgan fingerprint density at radius 1 is 1.50 bits per heavy atom. The Kier molecular flexibility index (Phi) is 4.66. The molecule has 2 heterocycles. The highest BCUT2D eigenvalue weighted by Crippen LogP contribution is 2.29. The summed E-state index contributed by atoms with van der Waals surface area (Å²) in [5.41, 5.74) is 2.04. The molecule has 0 aromatic heterocycles. The first-order chi connectivity index (χ1) is 11.5. The highest BCUT2D eigenvalue weighted by atomic mass is 32.2. The number of hydrogen-bond acceptors (Lipinski definition) is 7. The summed E-state index contributed by atoms with van der Waals surface area (Å²) in [4.78, 5) is 23.1. The number of amides is 1. The molecule has 2 aliphatic heterocycles. The molecule has 3 rings (SSSR count). The van der Waals surface area contributed by atoms with Crippen molar-refractivity contribution in [2.45, 2.75) is 19.4 Å². The largest absolute Gasteiger partial charge is 0.490 e. The standard InChI is InChI=1S/C16H15N3O4S/c1-9-5-11-6-10(3-4-12(11)23-9)8-17-19-16-18-15(21)13(24-16)7-14(20)22-2/h3-4,6-9H,5H2,1-2H3,(H,18,19,21)/b13-7+,17-8?. The summed E-state index contributed by atoms with van der Waals surface area (Å²) >= 11 is 1.03. The number of carbonyl (C=O) groups is 2. The van der Waals surface area contributed by atoms with Crippen LogP contribution in [0.2, 0.25) is 0 Å². The van der Waals surface area contributed by atoms with Crippen molar-refractivity contribution in [3.63, 3.8) is 0 Å². The van der Waals surface area contributed by atoms with E-state index in [-0.39, 0.29) is 11.0 Å². The van der Waals surface area contributed by atoms with Crippen LogP contribution in [-0.4, -0.2) is 36.5 Å². The molecule has 0 bridgehead atoms. The number of ether oxygens (including phenoxy) is 2. The number of hydrogen-bond donors (Lipinski definition) is 1. The number of nitrogens with one attached hydrogen (secondary N) is 1. The van der Waals surface area contributed by atoms with Crippen LogP contribution in [0.4, 0.5) is 0 Å². The van der Waals surface area contributed by atoms with E-state index in [2.05, 4.69) is 20.3 Å². The summed E-state index contributed by atoms with van der Waals surface area (Å²) in [6.07, 6.45) is 3.79. The average Bonchev–Trinajstić information content (AvgIpc) is 3.08. The fraction of sp³-hybridized carbons (Fsp3) is 0.250. The molecule has 1 atom stereocenters. The summed E-state index contributed by atoms with van der Waals surface area (Å²) in [7, 11) is 1.25. The maximum absolute atomic E-state index is 11.7. The quantitative estimate of drug-likeness (QED) is 0.389. The first-order valence-electron chi connectivity index (χ1n) is 7.24. The molecule has 0 aliphatic carbocycles. The van der Waals surface area contributed by atoms with Gasteiger partial charge in [-0.05, 0) is 48.0 Å². The van der Waals surface area contributed by atoms with Crippen LogP contribution in [0.3, 0.4) is 0 Å². The molecule has 8 heteroatoms. The van der Waals surface area contributed by atoms with Gasteiger partial charge >= 0.3 is 5.97 Å². The number of fused-ring (bicyclic) bond motifs is 1. The Hall–Kier alpha value is -2.61. The van der Waals surface area contributed by atoms with Crippen molar-refractivity contribution in [3.8, 4) is 5.75 Å². The van der Waals surface area contributed by atoms with Crippen molar-refractivity contribution in [2.24, 2.45) is 10.2 Å². The molecular formula is C16H15N3O4S. The summed E-state index contributed by atoms with van der Waals surface area (Å²) in [5, 5.41) is 10.8. The van der Waals surface area contributed by atoms with Crippen molar-refractivity contribution < 1.29 is 19.1 Å². The second kappa shape index (κ2) is 6.88. The van der Waals surface area contributed by atoms with Gasteiger partial charge in [-0.25, -0.2) is 4.79 Å². The number of amidine groups is 1. The first-order valence-corrected chi connectivity index (χ1v) is 8.06. The van der Waals surface area contributed by atoms with Crippen LogP contribution >= 0.6 is 11.8 Å². The van der Waals surface area contributed by atoms with Gasteiger partial charge in [0.1, 0.15) is 11.9 Å². The van der Waals surface area contributed by atoms with E-state index in [9.17, 15) is 9.59 Å². The predicted molar refractivity (Wildman–Crippen MR) is 91.1 cm³/mol. The lowest BCUT2D eigenvalue weighted by Crippen LogP contribution is -2.19. The second-order valence-corrected chi connectivity index (χ2v) is 6.27. The highest BCUT2D eigenvalue weighted by molar-refractivity contribution is 8.18. The lowest BCUT2D eigenvalue weighted by atomic mass is 10.1. The number of benzene rings is 1. The van der Waals surface area contributed by atoms with Crippen LogP contribution in [0.15, 0.2) is 39.4 Å². The molecule has 1 unspecified atom stereocenters. The van der Waals surface area contributed by atoms with Crippen molar-refractivity contribution >= 4 is 35.0 Å². The van der Waals surface area contributed by atoms with Crippen molar-refractivity contribution in [1.82, 2.24) is 5.32 Å². The maximum atomic E-state index is 11.7. The van der Waals surface area contributed by atoms with Crippen LogP contribution in [0.1, 0.15) is 18.1 Å². The highest BCUT2D eigenvalue weighted by Gasteiger charge is 2.25. The van der Waals surface area contributed by atoms with Gasteiger partial charge in [-0.15, -0.1) is 5.10 Å². The molecule has 24 heavy (non-hydrogen) atoms. The van der Waals surface area contributed by atoms with Crippen molar-refractivity contribution in [3.05, 3.63) is 40.3 Å². The number of carbonyl (C=O) groups excluding carboxylic acids is 2. The summed E-state index contributed by atoms with van der Waals surface area (Å²) in [6, 6.07) is 5.81. The molecule has 0 spiro atoms. The molecule has 2 aliphatic rings. The van der Waals surface area contributed by atoms with Crippen LogP contribution in [0.25, 0.3) is 0 Å². The fourth-order valence-corrected chi connectivity index (χ4v) is 3.05. The van der Waals surface area contributed by atoms with Gasteiger partial charge in [0.05, 0.1) is 18.2 Å². The van der Waals surface area contributed by atoms with E-state index in [1.807, 2.05) is 25.1 Å².